The number of aromatic hydroxyl groups is 2. The summed E-state index contributed by atoms with van der Waals surface area (Å²) in [6, 6.07) is 8.23. The number of aliphatic hydroxyl groups excluding tert-OH is 1. The van der Waals surface area contributed by atoms with Crippen LogP contribution in [0.2, 0.25) is 0 Å². The fourth-order valence-corrected chi connectivity index (χ4v) is 2.86. The molecule has 1 atom stereocenters. The lowest BCUT2D eigenvalue weighted by molar-refractivity contribution is 0.163. The van der Waals surface area contributed by atoms with E-state index in [1.54, 1.807) is 27.4 Å². The van der Waals surface area contributed by atoms with Gasteiger partial charge in [-0.15, -0.1) is 12.4 Å². The number of ether oxygens (including phenoxy) is 3. The minimum absolute atomic E-state index is 0. The monoisotopic (exact) mass is 414 g/mol. The summed E-state index contributed by atoms with van der Waals surface area (Å²) >= 11 is 0. The highest BCUT2D eigenvalue weighted by Crippen LogP contribution is 2.38. The lowest BCUT2D eigenvalue weighted by atomic mass is 10.0. The number of phenols is 2. The molecule has 0 heterocycles. The largest absolute Gasteiger partial charge is 0.504 e. The van der Waals surface area contributed by atoms with Crippen LogP contribution in [0.3, 0.4) is 0 Å². The number of phenolic OH excluding ortho intramolecular Hbond substituents is 2. The molecule has 0 radical (unpaired) electrons. The molecule has 0 saturated heterocycles. The number of unbranched alkanes of at least 4 members (excludes halogenated alkanes) is 1. The van der Waals surface area contributed by atoms with Gasteiger partial charge in [-0.3, -0.25) is 0 Å². The van der Waals surface area contributed by atoms with E-state index in [1.807, 2.05) is 12.1 Å². The normalized spacial score (nSPS) is 11.0. The predicted molar refractivity (Wildman–Crippen MR) is 112 cm³/mol. The fourth-order valence-electron chi connectivity index (χ4n) is 2.86. The molecule has 6 nitrogen and oxygen atoms in total. The minimum Gasteiger partial charge on any atom is -0.504 e. The number of aliphatic hydroxyl groups is 1. The van der Waals surface area contributed by atoms with E-state index in [1.165, 1.54) is 12.1 Å². The molecule has 3 N–H and O–H groups in total. The van der Waals surface area contributed by atoms with E-state index in [0.717, 1.165) is 24.8 Å². The van der Waals surface area contributed by atoms with Crippen molar-refractivity contribution in [3.8, 4) is 28.7 Å². The molecule has 0 saturated carbocycles. The first-order valence-electron chi connectivity index (χ1n) is 8.49. The predicted octanol–water partition coefficient (Wildman–Crippen LogP) is 4.63. The molecule has 0 aliphatic carbocycles. The summed E-state index contributed by atoms with van der Waals surface area (Å²) < 4.78 is 16.0. The average Bonchev–Trinajstić information content (AvgIpc) is 2.66. The summed E-state index contributed by atoms with van der Waals surface area (Å²) in [5, 5.41) is 29.1. The van der Waals surface area contributed by atoms with Crippen molar-refractivity contribution in [3.63, 3.8) is 0 Å². The molecule has 7 heteroatoms. The number of benzene rings is 2. The van der Waals surface area contributed by atoms with Crippen LogP contribution < -0.4 is 14.2 Å². The Balaban J connectivity index is 0.00000364. The zero-order valence-electron chi connectivity index (χ0n) is 15.8. The van der Waals surface area contributed by atoms with Crippen molar-refractivity contribution in [2.24, 2.45) is 0 Å². The van der Waals surface area contributed by atoms with Gasteiger partial charge in [0.25, 0.3) is 0 Å². The van der Waals surface area contributed by atoms with Gasteiger partial charge in [0.05, 0.1) is 27.4 Å². The van der Waals surface area contributed by atoms with Crippen molar-refractivity contribution in [1.82, 2.24) is 0 Å². The molecule has 2 rings (SSSR count). The smallest absolute Gasteiger partial charge is 0.203 e. The Hall–Kier alpha value is -2.31. The second-order valence-electron chi connectivity index (χ2n) is 6.04. The highest BCUT2D eigenvalue weighted by Gasteiger charge is 2.14. The number of aryl methyl sites for hydroxylation is 1. The number of halogens is 1. The van der Waals surface area contributed by atoms with Crippen molar-refractivity contribution in [2.75, 3.05) is 21.3 Å². The van der Waals surface area contributed by atoms with E-state index in [0.29, 0.717) is 29.2 Å². The van der Waals surface area contributed by atoms with E-state index >= 15 is 0 Å². The van der Waals surface area contributed by atoms with Crippen LogP contribution in [0.4, 0.5) is 0 Å². The molecule has 0 aliphatic heterocycles. The van der Waals surface area contributed by atoms with Crippen molar-refractivity contribution in [3.05, 3.63) is 41.5 Å². The van der Waals surface area contributed by atoms with Crippen molar-refractivity contribution in [2.45, 2.75) is 39.2 Å². The molecule has 0 amide bonds. The Morgan fingerprint density at radius 2 is 1.46 bits per heavy atom. The van der Waals surface area contributed by atoms with Gasteiger partial charge in [0.2, 0.25) is 5.75 Å². The first-order valence-corrected chi connectivity index (χ1v) is 8.49. The van der Waals surface area contributed by atoms with Gasteiger partial charge < -0.3 is 29.5 Å². The highest BCUT2D eigenvalue weighted by atomic mass is 35.5. The van der Waals surface area contributed by atoms with Crippen LogP contribution in [-0.2, 0) is 6.42 Å². The molecule has 0 aliphatic rings. The van der Waals surface area contributed by atoms with Crippen LogP contribution in [-0.4, -0.2) is 36.6 Å². The van der Waals surface area contributed by atoms with Gasteiger partial charge in [-0.2, -0.15) is 0 Å². The Bertz CT molecular complexity index is 710. The van der Waals surface area contributed by atoms with Gasteiger partial charge in [0, 0.05) is 0 Å². The second kappa shape index (κ2) is 12.2. The molecule has 2 aromatic carbocycles. The number of rotatable bonds is 9. The third kappa shape index (κ3) is 6.39. The molecule has 28 heavy (non-hydrogen) atoms. The lowest BCUT2D eigenvalue weighted by Gasteiger charge is -2.14. The fraction of sp³-hybridized carbons (Fsp3) is 0.429. The summed E-state index contributed by atoms with van der Waals surface area (Å²) in [5.41, 5.74) is 1.66. The van der Waals surface area contributed by atoms with Crippen molar-refractivity contribution in [1.29, 1.82) is 0 Å². The Kier molecular flexibility index (Phi) is 11.2. The van der Waals surface area contributed by atoms with Crippen LogP contribution in [0.25, 0.3) is 0 Å². The van der Waals surface area contributed by atoms with E-state index in [2.05, 4.69) is 0 Å². The third-order valence-electron chi connectivity index (χ3n) is 4.30. The van der Waals surface area contributed by atoms with Crippen LogP contribution >= 0.6 is 12.4 Å². The van der Waals surface area contributed by atoms with Crippen molar-refractivity contribution >= 4 is 12.4 Å². The molecular formula is C21H31ClO6. The molecule has 2 aromatic rings. The summed E-state index contributed by atoms with van der Waals surface area (Å²) in [4.78, 5) is 0. The first-order chi connectivity index (χ1) is 12.5. The SMILES string of the molecule is C.COc1cc(CCCC[C@H](O)c2ccc(O)c(O)c2)cc(OC)c1OC.Cl. The zero-order valence-corrected chi connectivity index (χ0v) is 16.6. The maximum absolute atomic E-state index is 10.2. The van der Waals surface area contributed by atoms with Gasteiger partial charge >= 0.3 is 0 Å². The molecular weight excluding hydrogens is 384 g/mol. The van der Waals surface area contributed by atoms with E-state index in [9.17, 15) is 15.3 Å². The maximum Gasteiger partial charge on any atom is 0.203 e. The number of hydrogen-bond acceptors (Lipinski definition) is 6. The van der Waals surface area contributed by atoms with Crippen LogP contribution in [0.15, 0.2) is 30.3 Å². The number of methoxy groups -OCH3 is 3. The van der Waals surface area contributed by atoms with Crippen molar-refractivity contribution < 1.29 is 29.5 Å². The highest BCUT2D eigenvalue weighted by molar-refractivity contribution is 5.85. The number of hydrogen-bond donors (Lipinski definition) is 3. The van der Waals surface area contributed by atoms with Crippen LogP contribution in [0.1, 0.15) is 43.9 Å². The first kappa shape index (κ1) is 25.7. The standard InChI is InChI=1S/C20H26O6.CH4.ClH/c1-24-18-10-13(11-19(25-2)20(18)26-3)6-4-5-7-15(21)14-8-9-16(22)17(23)12-14;;/h8-12,15,21-23H,4-7H2,1-3H3;1H4;1H/t15-;;/m0../s1. The van der Waals surface area contributed by atoms with Crippen LogP contribution in [0.5, 0.6) is 28.7 Å². The van der Waals surface area contributed by atoms with Gasteiger partial charge in [-0.1, -0.05) is 19.9 Å². The van der Waals surface area contributed by atoms with Gasteiger partial charge in [0.15, 0.2) is 23.0 Å². The molecule has 0 unspecified atom stereocenters. The Morgan fingerprint density at radius 3 is 1.96 bits per heavy atom. The van der Waals surface area contributed by atoms with Crippen LogP contribution in [0, 0.1) is 0 Å². The topological polar surface area (TPSA) is 88.4 Å². The van der Waals surface area contributed by atoms with E-state index < -0.39 is 6.10 Å². The Morgan fingerprint density at radius 1 is 0.857 bits per heavy atom. The molecule has 0 aromatic heterocycles. The third-order valence-corrected chi connectivity index (χ3v) is 4.30. The summed E-state index contributed by atoms with van der Waals surface area (Å²) in [6.45, 7) is 0. The van der Waals surface area contributed by atoms with Gasteiger partial charge in [0.1, 0.15) is 0 Å². The second-order valence-corrected chi connectivity index (χ2v) is 6.04. The average molecular weight is 415 g/mol. The molecule has 0 bridgehead atoms. The molecule has 158 valence electrons. The van der Waals surface area contributed by atoms with Gasteiger partial charge in [-0.25, -0.2) is 0 Å². The Labute approximate surface area is 173 Å². The summed E-state index contributed by atoms with van der Waals surface area (Å²) in [6.07, 6.45) is 2.37. The molecule has 0 fully saturated rings. The summed E-state index contributed by atoms with van der Waals surface area (Å²) in [5.74, 6) is 1.41. The maximum atomic E-state index is 10.2. The van der Waals surface area contributed by atoms with Gasteiger partial charge in [-0.05, 0) is 54.7 Å². The quantitative estimate of drug-likeness (QED) is 0.409. The minimum atomic E-state index is -0.679. The molecule has 0 spiro atoms. The van der Waals surface area contributed by atoms with E-state index in [-0.39, 0.29) is 31.3 Å². The zero-order chi connectivity index (χ0) is 19.1. The summed E-state index contributed by atoms with van der Waals surface area (Å²) in [7, 11) is 4.75. The lowest BCUT2D eigenvalue weighted by Crippen LogP contribution is -1.99. The van der Waals surface area contributed by atoms with E-state index in [4.69, 9.17) is 14.2 Å².